The smallest absolute Gasteiger partial charge is 0.254 e. The largest absolute Gasteiger partial charge is 0.380 e. The second kappa shape index (κ2) is 4.79. The summed E-state index contributed by atoms with van der Waals surface area (Å²) < 4.78 is 25.8. The van der Waals surface area contributed by atoms with Crippen molar-refractivity contribution in [2.24, 2.45) is 0 Å². The van der Waals surface area contributed by atoms with Gasteiger partial charge in [-0.3, -0.25) is 4.79 Å². The monoisotopic (exact) mass is 276 g/mol. The topological polar surface area (TPSA) is 86.7 Å². The SMILES string of the molecule is CNS(=O)(=O)C1CCCN(C(=O)C2(O)CCC2)C1. The molecule has 1 heterocycles. The van der Waals surface area contributed by atoms with Crippen LogP contribution >= 0.6 is 0 Å². The Morgan fingerprint density at radius 1 is 1.39 bits per heavy atom. The van der Waals surface area contributed by atoms with E-state index in [1.807, 2.05) is 0 Å². The van der Waals surface area contributed by atoms with Gasteiger partial charge < -0.3 is 10.0 Å². The van der Waals surface area contributed by atoms with E-state index in [0.717, 1.165) is 6.42 Å². The summed E-state index contributed by atoms with van der Waals surface area (Å²) in [5.41, 5.74) is -1.23. The lowest BCUT2D eigenvalue weighted by Crippen LogP contribution is -2.57. The van der Waals surface area contributed by atoms with Gasteiger partial charge in [0.2, 0.25) is 10.0 Å². The summed E-state index contributed by atoms with van der Waals surface area (Å²) in [5, 5.41) is 9.45. The normalized spacial score (nSPS) is 27.7. The molecule has 0 bridgehead atoms. The van der Waals surface area contributed by atoms with E-state index in [0.29, 0.717) is 32.2 Å². The van der Waals surface area contributed by atoms with Crippen LogP contribution < -0.4 is 4.72 Å². The van der Waals surface area contributed by atoms with Crippen LogP contribution in [0.3, 0.4) is 0 Å². The lowest BCUT2D eigenvalue weighted by molar-refractivity contribution is -0.161. The number of piperidine rings is 1. The summed E-state index contributed by atoms with van der Waals surface area (Å²) >= 11 is 0. The van der Waals surface area contributed by atoms with E-state index in [9.17, 15) is 18.3 Å². The maximum Gasteiger partial charge on any atom is 0.254 e. The van der Waals surface area contributed by atoms with Crippen LogP contribution in [0.15, 0.2) is 0 Å². The molecule has 1 saturated carbocycles. The van der Waals surface area contributed by atoms with E-state index in [1.165, 1.54) is 11.9 Å². The number of sulfonamides is 1. The van der Waals surface area contributed by atoms with Gasteiger partial charge in [-0.15, -0.1) is 0 Å². The lowest BCUT2D eigenvalue weighted by atomic mass is 9.79. The average molecular weight is 276 g/mol. The van der Waals surface area contributed by atoms with Crippen molar-refractivity contribution in [3.63, 3.8) is 0 Å². The first-order chi connectivity index (χ1) is 8.39. The summed E-state index contributed by atoms with van der Waals surface area (Å²) in [5.74, 6) is -0.301. The summed E-state index contributed by atoms with van der Waals surface area (Å²) in [6.45, 7) is 0.723. The third-order valence-electron chi connectivity index (χ3n) is 3.97. The Bertz CT molecular complexity index is 430. The minimum Gasteiger partial charge on any atom is -0.380 e. The Morgan fingerprint density at radius 3 is 2.56 bits per heavy atom. The van der Waals surface area contributed by atoms with E-state index in [4.69, 9.17) is 0 Å². The maximum absolute atomic E-state index is 12.1. The quantitative estimate of drug-likeness (QED) is 0.723. The Hall–Kier alpha value is -0.660. The zero-order chi connectivity index (χ0) is 13.4. The molecule has 2 fully saturated rings. The third kappa shape index (κ3) is 2.39. The van der Waals surface area contributed by atoms with Crippen molar-refractivity contribution in [3.8, 4) is 0 Å². The Labute approximate surface area is 107 Å². The average Bonchev–Trinajstić information content (AvgIpc) is 2.35. The fourth-order valence-electron chi connectivity index (χ4n) is 2.56. The highest BCUT2D eigenvalue weighted by Crippen LogP contribution is 2.34. The Balaban J connectivity index is 2.05. The number of aliphatic hydroxyl groups is 1. The third-order valence-corrected chi connectivity index (χ3v) is 5.80. The van der Waals surface area contributed by atoms with Gasteiger partial charge >= 0.3 is 0 Å². The number of hydrogen-bond donors (Lipinski definition) is 2. The molecule has 1 aliphatic heterocycles. The number of carbonyl (C=O) groups is 1. The van der Waals surface area contributed by atoms with Gasteiger partial charge in [-0.2, -0.15) is 0 Å². The van der Waals surface area contributed by atoms with Gasteiger partial charge in [-0.05, 0) is 39.2 Å². The van der Waals surface area contributed by atoms with Crippen molar-refractivity contribution in [1.29, 1.82) is 0 Å². The molecule has 1 unspecified atom stereocenters. The number of amides is 1. The predicted octanol–water partition coefficient (Wildman–Crippen LogP) is -0.558. The molecule has 1 saturated heterocycles. The van der Waals surface area contributed by atoms with Crippen LogP contribution in [0.1, 0.15) is 32.1 Å². The molecule has 1 aliphatic carbocycles. The fourth-order valence-corrected chi connectivity index (χ4v) is 3.75. The van der Waals surface area contributed by atoms with Crippen LogP contribution in [0.25, 0.3) is 0 Å². The van der Waals surface area contributed by atoms with E-state index in [-0.39, 0.29) is 12.5 Å². The molecule has 104 valence electrons. The number of carbonyl (C=O) groups excluding carboxylic acids is 1. The molecular formula is C11H20N2O4S. The molecule has 6 nitrogen and oxygen atoms in total. The van der Waals surface area contributed by atoms with Gasteiger partial charge in [0.05, 0.1) is 5.25 Å². The molecule has 18 heavy (non-hydrogen) atoms. The summed E-state index contributed by atoms with van der Waals surface area (Å²) in [7, 11) is -1.96. The van der Waals surface area contributed by atoms with Gasteiger partial charge in [-0.1, -0.05) is 0 Å². The fraction of sp³-hybridized carbons (Fsp3) is 0.909. The molecule has 0 aromatic carbocycles. The minimum absolute atomic E-state index is 0.185. The van der Waals surface area contributed by atoms with E-state index in [1.54, 1.807) is 0 Å². The molecule has 0 aromatic heterocycles. The zero-order valence-corrected chi connectivity index (χ0v) is 11.4. The standard InChI is InChI=1S/C11H20N2O4S/c1-12-18(16,17)9-4-2-7-13(8-9)10(14)11(15)5-3-6-11/h9,12,15H,2-8H2,1H3. The van der Waals surface area contributed by atoms with Crippen molar-refractivity contribution >= 4 is 15.9 Å². The van der Waals surface area contributed by atoms with E-state index >= 15 is 0 Å². The van der Waals surface area contributed by atoms with Gasteiger partial charge in [0.1, 0.15) is 5.60 Å². The molecule has 7 heteroatoms. The maximum atomic E-state index is 12.1. The van der Waals surface area contributed by atoms with Gasteiger partial charge in [0.15, 0.2) is 0 Å². The van der Waals surface area contributed by atoms with Gasteiger partial charge in [0, 0.05) is 13.1 Å². The molecule has 1 amide bonds. The van der Waals surface area contributed by atoms with Crippen LogP contribution in [0, 0.1) is 0 Å². The van der Waals surface area contributed by atoms with Crippen molar-refractivity contribution in [2.45, 2.75) is 43.0 Å². The molecule has 0 radical (unpaired) electrons. The summed E-state index contributed by atoms with van der Waals surface area (Å²) in [6, 6.07) is 0. The van der Waals surface area contributed by atoms with Crippen LogP contribution in [0.2, 0.25) is 0 Å². The predicted molar refractivity (Wildman–Crippen MR) is 66.4 cm³/mol. The molecular weight excluding hydrogens is 256 g/mol. The first kappa shape index (κ1) is 13.8. The zero-order valence-electron chi connectivity index (χ0n) is 10.6. The molecule has 0 spiro atoms. The Morgan fingerprint density at radius 2 is 2.06 bits per heavy atom. The lowest BCUT2D eigenvalue weighted by Gasteiger charge is -2.41. The first-order valence-corrected chi connectivity index (χ1v) is 7.88. The van der Waals surface area contributed by atoms with Crippen LogP contribution in [0.4, 0.5) is 0 Å². The number of likely N-dealkylation sites (tertiary alicyclic amines) is 1. The molecule has 2 aliphatic rings. The first-order valence-electron chi connectivity index (χ1n) is 6.33. The second-order valence-electron chi connectivity index (χ2n) is 5.15. The van der Waals surface area contributed by atoms with Crippen LogP contribution in [-0.2, 0) is 14.8 Å². The van der Waals surface area contributed by atoms with E-state index in [2.05, 4.69) is 4.72 Å². The number of rotatable bonds is 3. The number of nitrogens with one attached hydrogen (secondary N) is 1. The summed E-state index contributed by atoms with van der Waals surface area (Å²) in [6.07, 6.45) is 3.06. The highest BCUT2D eigenvalue weighted by Gasteiger charge is 2.46. The Kier molecular flexibility index (Phi) is 3.66. The molecule has 2 rings (SSSR count). The minimum atomic E-state index is -3.35. The molecule has 2 N–H and O–H groups in total. The highest BCUT2D eigenvalue weighted by atomic mass is 32.2. The van der Waals surface area contributed by atoms with Crippen LogP contribution in [0.5, 0.6) is 0 Å². The van der Waals surface area contributed by atoms with Crippen molar-refractivity contribution < 1.29 is 18.3 Å². The highest BCUT2D eigenvalue weighted by molar-refractivity contribution is 7.90. The van der Waals surface area contributed by atoms with Crippen molar-refractivity contribution in [2.75, 3.05) is 20.1 Å². The van der Waals surface area contributed by atoms with Crippen molar-refractivity contribution in [3.05, 3.63) is 0 Å². The van der Waals surface area contributed by atoms with Crippen LogP contribution in [-0.4, -0.2) is 55.3 Å². The van der Waals surface area contributed by atoms with Crippen molar-refractivity contribution in [1.82, 2.24) is 9.62 Å². The van der Waals surface area contributed by atoms with Gasteiger partial charge in [-0.25, -0.2) is 13.1 Å². The van der Waals surface area contributed by atoms with E-state index < -0.39 is 20.9 Å². The molecule has 0 aromatic rings. The number of hydrogen-bond acceptors (Lipinski definition) is 4. The molecule has 1 atom stereocenters. The second-order valence-corrected chi connectivity index (χ2v) is 7.31. The van der Waals surface area contributed by atoms with Gasteiger partial charge in [0.25, 0.3) is 5.91 Å². The summed E-state index contributed by atoms with van der Waals surface area (Å²) in [4.78, 5) is 13.6. The number of nitrogens with zero attached hydrogens (tertiary/aromatic N) is 1.